The minimum atomic E-state index is -2.94. The van der Waals surface area contributed by atoms with Gasteiger partial charge in [-0.15, -0.1) is 0 Å². The summed E-state index contributed by atoms with van der Waals surface area (Å²) >= 11 is 6.11. The van der Waals surface area contributed by atoms with Gasteiger partial charge in [-0.05, 0) is 36.8 Å². The number of carbonyl (C=O) groups is 1. The van der Waals surface area contributed by atoms with Crippen molar-refractivity contribution in [1.29, 1.82) is 0 Å². The Hall–Kier alpha value is -2.38. The summed E-state index contributed by atoms with van der Waals surface area (Å²) in [5.74, 6) is -0.269. The number of ether oxygens (including phenoxy) is 1. The maximum Gasteiger partial charge on any atom is 0.387 e. The highest BCUT2D eigenvalue weighted by molar-refractivity contribution is 6.30. The number of hydrogen-bond acceptors (Lipinski definition) is 3. The molecule has 1 aliphatic rings. The third kappa shape index (κ3) is 5.33. The van der Waals surface area contributed by atoms with Crippen molar-refractivity contribution in [1.82, 2.24) is 0 Å². The number of quaternary nitrogens is 1. The Balaban J connectivity index is 1.54. The molecule has 0 bridgehead atoms. The number of carbonyl (C=O) groups excluding carboxylic acids is 1. The van der Waals surface area contributed by atoms with Crippen LogP contribution < -0.4 is 19.9 Å². The van der Waals surface area contributed by atoms with E-state index in [1.54, 1.807) is 18.2 Å². The number of piperazine rings is 1. The van der Waals surface area contributed by atoms with E-state index in [1.165, 1.54) is 11.6 Å². The maximum absolute atomic E-state index is 12.5. The van der Waals surface area contributed by atoms with Crippen LogP contribution in [0.15, 0.2) is 42.5 Å². The molecule has 0 unspecified atom stereocenters. The van der Waals surface area contributed by atoms with Crippen molar-refractivity contribution in [3.8, 4) is 5.75 Å². The fourth-order valence-electron chi connectivity index (χ4n) is 3.35. The number of nitrogens with zero attached hydrogens (tertiary/aromatic N) is 1. The lowest BCUT2D eigenvalue weighted by Gasteiger charge is -2.34. The predicted octanol–water partition coefficient (Wildman–Crippen LogP) is 2.59. The van der Waals surface area contributed by atoms with Crippen molar-refractivity contribution in [3.05, 3.63) is 53.1 Å². The fraction of sp³-hybridized carbons (Fsp3) is 0.350. The molecular formula is C20H23ClF2N3O2+. The summed E-state index contributed by atoms with van der Waals surface area (Å²) in [5, 5.41) is 3.38. The average Bonchev–Trinajstić information content (AvgIpc) is 2.65. The minimum absolute atomic E-state index is 0.0397. The molecule has 28 heavy (non-hydrogen) atoms. The lowest BCUT2D eigenvalue weighted by molar-refractivity contribution is -0.892. The van der Waals surface area contributed by atoms with Crippen molar-refractivity contribution in [2.24, 2.45) is 0 Å². The smallest absolute Gasteiger partial charge is 0.387 e. The molecule has 0 radical (unpaired) electrons. The van der Waals surface area contributed by atoms with Crippen molar-refractivity contribution in [2.45, 2.75) is 13.5 Å². The van der Waals surface area contributed by atoms with Gasteiger partial charge in [-0.3, -0.25) is 4.79 Å². The Labute approximate surface area is 167 Å². The summed E-state index contributed by atoms with van der Waals surface area (Å²) in [6.07, 6.45) is 0. The Morgan fingerprint density at radius 3 is 2.68 bits per heavy atom. The first-order chi connectivity index (χ1) is 13.4. The van der Waals surface area contributed by atoms with Gasteiger partial charge in [0.2, 0.25) is 0 Å². The first-order valence-corrected chi connectivity index (χ1v) is 9.48. The van der Waals surface area contributed by atoms with Crippen LogP contribution in [0.1, 0.15) is 5.56 Å². The molecule has 0 spiro atoms. The van der Waals surface area contributed by atoms with Gasteiger partial charge in [-0.2, -0.15) is 8.78 Å². The van der Waals surface area contributed by atoms with Crippen LogP contribution in [-0.4, -0.2) is 45.2 Å². The number of halogens is 3. The van der Waals surface area contributed by atoms with E-state index in [-0.39, 0.29) is 23.9 Å². The largest absolute Gasteiger partial charge is 0.433 e. The third-order valence-electron chi connectivity index (χ3n) is 4.77. The summed E-state index contributed by atoms with van der Waals surface area (Å²) in [4.78, 5) is 15.8. The number of alkyl halides is 2. The average molecular weight is 411 g/mol. The van der Waals surface area contributed by atoms with Crippen LogP contribution in [0.3, 0.4) is 0 Å². The van der Waals surface area contributed by atoms with Crippen molar-refractivity contribution >= 4 is 28.9 Å². The molecule has 1 aliphatic heterocycles. The zero-order chi connectivity index (χ0) is 20.1. The van der Waals surface area contributed by atoms with Gasteiger partial charge in [0.15, 0.2) is 6.54 Å². The molecule has 1 heterocycles. The van der Waals surface area contributed by atoms with Crippen LogP contribution in [0.25, 0.3) is 0 Å². The van der Waals surface area contributed by atoms with Gasteiger partial charge in [-0.25, -0.2) is 0 Å². The number of rotatable bonds is 6. The van der Waals surface area contributed by atoms with Crippen LogP contribution in [0.5, 0.6) is 5.75 Å². The van der Waals surface area contributed by atoms with Crippen LogP contribution in [0.2, 0.25) is 5.02 Å². The fourth-order valence-corrected chi connectivity index (χ4v) is 3.52. The van der Waals surface area contributed by atoms with Gasteiger partial charge in [0.05, 0.1) is 31.9 Å². The molecule has 3 rings (SSSR count). The van der Waals surface area contributed by atoms with Crippen molar-refractivity contribution in [2.75, 3.05) is 42.9 Å². The third-order valence-corrected chi connectivity index (χ3v) is 5.01. The van der Waals surface area contributed by atoms with E-state index >= 15 is 0 Å². The Kier molecular flexibility index (Phi) is 6.70. The monoisotopic (exact) mass is 410 g/mol. The number of benzene rings is 2. The van der Waals surface area contributed by atoms with Gasteiger partial charge in [0.25, 0.3) is 5.91 Å². The molecule has 1 amide bonds. The Bertz CT molecular complexity index is 827. The lowest BCUT2D eigenvalue weighted by atomic mass is 10.1. The Morgan fingerprint density at radius 2 is 1.96 bits per heavy atom. The molecule has 0 saturated carbocycles. The number of aryl methyl sites for hydroxylation is 1. The number of para-hydroxylation sites is 2. The molecule has 5 nitrogen and oxygen atoms in total. The first kappa shape index (κ1) is 20.4. The van der Waals surface area contributed by atoms with Crippen LogP contribution >= 0.6 is 11.6 Å². The number of amides is 1. The van der Waals surface area contributed by atoms with E-state index in [2.05, 4.69) is 21.9 Å². The minimum Gasteiger partial charge on any atom is -0.433 e. The van der Waals surface area contributed by atoms with Crippen LogP contribution in [-0.2, 0) is 4.79 Å². The van der Waals surface area contributed by atoms with Gasteiger partial charge < -0.3 is 19.9 Å². The number of hydrogen-bond donors (Lipinski definition) is 2. The highest BCUT2D eigenvalue weighted by Gasteiger charge is 2.24. The molecule has 1 saturated heterocycles. The maximum atomic E-state index is 12.5. The SMILES string of the molecule is Cc1ccc(Cl)cc1N1CC[NH+](CC(=O)Nc2ccccc2OC(F)F)CC1. The quantitative estimate of drug-likeness (QED) is 0.769. The normalized spacial score (nSPS) is 15.0. The standard InChI is InChI=1S/C20H22ClF2N3O2/c1-14-6-7-15(21)12-17(14)26-10-8-25(9-11-26)13-19(27)24-16-4-2-3-5-18(16)28-20(22)23/h2-7,12,20H,8-11,13H2,1H3,(H,24,27)/p+1. The summed E-state index contributed by atoms with van der Waals surface area (Å²) in [5.41, 5.74) is 2.54. The van der Waals surface area contributed by atoms with Gasteiger partial charge >= 0.3 is 6.61 Å². The second kappa shape index (κ2) is 9.21. The van der Waals surface area contributed by atoms with E-state index in [0.29, 0.717) is 5.02 Å². The van der Waals surface area contributed by atoms with Gasteiger partial charge in [0.1, 0.15) is 5.75 Å². The highest BCUT2D eigenvalue weighted by atomic mass is 35.5. The molecule has 1 fully saturated rings. The number of anilines is 2. The second-order valence-electron chi connectivity index (χ2n) is 6.77. The van der Waals surface area contributed by atoms with Crippen molar-refractivity contribution < 1.29 is 23.2 Å². The lowest BCUT2D eigenvalue weighted by Crippen LogP contribution is -3.15. The second-order valence-corrected chi connectivity index (χ2v) is 7.20. The predicted molar refractivity (Wildman–Crippen MR) is 106 cm³/mol. The van der Waals surface area contributed by atoms with E-state index in [4.69, 9.17) is 11.6 Å². The summed E-state index contributed by atoms with van der Waals surface area (Å²) in [7, 11) is 0. The molecule has 2 aromatic carbocycles. The van der Waals surface area contributed by atoms with Gasteiger partial charge in [0, 0.05) is 10.7 Å². The summed E-state index contributed by atoms with van der Waals surface area (Å²) in [6.45, 7) is 2.61. The van der Waals surface area contributed by atoms with E-state index in [1.807, 2.05) is 18.2 Å². The zero-order valence-corrected chi connectivity index (χ0v) is 16.3. The topological polar surface area (TPSA) is 46.0 Å². The van der Waals surface area contributed by atoms with E-state index in [9.17, 15) is 13.6 Å². The number of nitrogens with one attached hydrogen (secondary N) is 2. The molecule has 150 valence electrons. The molecule has 2 aromatic rings. The van der Waals surface area contributed by atoms with Gasteiger partial charge in [-0.1, -0.05) is 29.8 Å². The van der Waals surface area contributed by atoms with Crippen LogP contribution in [0.4, 0.5) is 20.2 Å². The van der Waals surface area contributed by atoms with E-state index < -0.39 is 6.61 Å². The summed E-state index contributed by atoms with van der Waals surface area (Å²) < 4.78 is 29.4. The zero-order valence-electron chi connectivity index (χ0n) is 15.6. The summed E-state index contributed by atoms with van der Waals surface area (Å²) in [6, 6.07) is 12.0. The molecule has 2 N–H and O–H groups in total. The molecule has 8 heteroatoms. The molecule has 0 aromatic heterocycles. The highest BCUT2D eigenvalue weighted by Crippen LogP contribution is 2.25. The van der Waals surface area contributed by atoms with Crippen molar-refractivity contribution in [3.63, 3.8) is 0 Å². The van der Waals surface area contributed by atoms with E-state index in [0.717, 1.165) is 36.8 Å². The Morgan fingerprint density at radius 1 is 1.25 bits per heavy atom. The molecule has 0 aliphatic carbocycles. The van der Waals surface area contributed by atoms with Crippen LogP contribution in [0, 0.1) is 6.92 Å². The molecule has 0 atom stereocenters. The first-order valence-electron chi connectivity index (χ1n) is 9.11. The molecular weight excluding hydrogens is 388 g/mol.